The topological polar surface area (TPSA) is 94.6 Å². The van der Waals surface area contributed by atoms with Gasteiger partial charge in [-0.1, -0.05) is 67.6 Å². The van der Waals surface area contributed by atoms with Crippen molar-refractivity contribution in [3.8, 4) is 0 Å². The molecule has 1 heterocycles. The number of amides is 2. The fourth-order valence-electron chi connectivity index (χ4n) is 4.63. The molecule has 1 aromatic heterocycles. The highest BCUT2D eigenvalue weighted by molar-refractivity contribution is 7.09. The van der Waals surface area contributed by atoms with Gasteiger partial charge in [-0.2, -0.15) is 0 Å². The number of nitrogens with one attached hydrogen (secondary N) is 2. The molecule has 0 aliphatic rings. The Labute approximate surface area is 246 Å². The molecule has 0 fully saturated rings. The highest BCUT2D eigenvalue weighted by atomic mass is 32.1. The SMILES string of the molecule is CCc1cccc(CNCC(O)C(Cc2ccccc2)NC(=O)c2cccc(C(=O)N(C)Cc3nc(C)cs3)c2)c1. The molecule has 0 saturated heterocycles. The summed E-state index contributed by atoms with van der Waals surface area (Å²) in [6, 6.07) is 24.3. The van der Waals surface area contributed by atoms with Crippen LogP contribution in [0.5, 0.6) is 0 Å². The van der Waals surface area contributed by atoms with Crippen molar-refractivity contribution in [2.45, 2.75) is 51.9 Å². The number of hydrogen-bond acceptors (Lipinski definition) is 6. The van der Waals surface area contributed by atoms with Crippen LogP contribution in [0.25, 0.3) is 0 Å². The van der Waals surface area contributed by atoms with Crippen molar-refractivity contribution in [3.05, 3.63) is 123 Å². The second kappa shape index (κ2) is 14.7. The van der Waals surface area contributed by atoms with Crippen molar-refractivity contribution in [1.82, 2.24) is 20.5 Å². The summed E-state index contributed by atoms with van der Waals surface area (Å²) in [7, 11) is 1.73. The van der Waals surface area contributed by atoms with Gasteiger partial charge in [-0.15, -0.1) is 11.3 Å². The summed E-state index contributed by atoms with van der Waals surface area (Å²) in [6.07, 6.45) is 0.609. The normalized spacial score (nSPS) is 12.5. The highest BCUT2D eigenvalue weighted by Gasteiger charge is 2.23. The Morgan fingerprint density at radius 1 is 0.951 bits per heavy atom. The monoisotopic (exact) mass is 570 g/mol. The first-order chi connectivity index (χ1) is 19.8. The van der Waals surface area contributed by atoms with Crippen LogP contribution in [0.1, 0.15) is 55.0 Å². The summed E-state index contributed by atoms with van der Waals surface area (Å²) in [4.78, 5) is 32.5. The number of carbonyl (C=O) groups is 2. The van der Waals surface area contributed by atoms with Crippen LogP contribution in [0, 0.1) is 6.92 Å². The number of nitrogens with zero attached hydrogens (tertiary/aromatic N) is 2. The van der Waals surface area contributed by atoms with Crippen molar-refractivity contribution < 1.29 is 14.7 Å². The molecule has 0 spiro atoms. The number of aliphatic hydroxyl groups excluding tert-OH is 1. The Bertz CT molecular complexity index is 1440. The van der Waals surface area contributed by atoms with E-state index < -0.39 is 12.1 Å². The van der Waals surface area contributed by atoms with Gasteiger partial charge in [0.1, 0.15) is 5.01 Å². The Morgan fingerprint density at radius 2 is 1.66 bits per heavy atom. The molecule has 0 bridgehead atoms. The van der Waals surface area contributed by atoms with Crippen LogP contribution in [0.2, 0.25) is 0 Å². The molecule has 0 radical (unpaired) electrons. The molecule has 4 aromatic rings. The summed E-state index contributed by atoms with van der Waals surface area (Å²) in [6.45, 7) is 5.38. The summed E-state index contributed by atoms with van der Waals surface area (Å²) < 4.78 is 0. The first kappa shape index (κ1) is 30.1. The van der Waals surface area contributed by atoms with E-state index in [1.165, 1.54) is 16.9 Å². The number of rotatable bonds is 13. The number of aromatic nitrogens is 1. The molecule has 0 saturated carbocycles. The molecule has 2 unspecified atom stereocenters. The highest BCUT2D eigenvalue weighted by Crippen LogP contribution is 2.15. The lowest BCUT2D eigenvalue weighted by molar-refractivity contribution is 0.0784. The van der Waals surface area contributed by atoms with E-state index >= 15 is 0 Å². The maximum atomic E-state index is 13.4. The number of thiazole rings is 1. The smallest absolute Gasteiger partial charge is 0.253 e. The van der Waals surface area contributed by atoms with Crippen LogP contribution < -0.4 is 10.6 Å². The van der Waals surface area contributed by atoms with E-state index in [1.54, 1.807) is 36.2 Å². The molecule has 214 valence electrons. The molecular formula is C33H38N4O3S. The predicted octanol–water partition coefficient (Wildman–Crippen LogP) is 4.78. The van der Waals surface area contributed by atoms with E-state index in [4.69, 9.17) is 0 Å². The zero-order chi connectivity index (χ0) is 29.2. The Balaban J connectivity index is 1.42. The molecule has 0 aliphatic carbocycles. The maximum absolute atomic E-state index is 13.4. The molecule has 2 atom stereocenters. The summed E-state index contributed by atoms with van der Waals surface area (Å²) in [5.41, 5.74) is 5.14. The van der Waals surface area contributed by atoms with Crippen LogP contribution in [0.3, 0.4) is 0 Å². The van der Waals surface area contributed by atoms with Gasteiger partial charge in [0.15, 0.2) is 0 Å². The third-order valence-electron chi connectivity index (χ3n) is 6.92. The molecular weight excluding hydrogens is 532 g/mol. The minimum atomic E-state index is -0.828. The minimum Gasteiger partial charge on any atom is -0.390 e. The van der Waals surface area contributed by atoms with Crippen molar-refractivity contribution in [3.63, 3.8) is 0 Å². The summed E-state index contributed by atoms with van der Waals surface area (Å²) >= 11 is 1.52. The first-order valence-corrected chi connectivity index (χ1v) is 14.8. The standard InChI is InChI=1S/C33H38N4O3S/c1-4-24-12-8-13-26(16-24)19-34-20-30(38)29(17-25-10-6-5-7-11-25)36-32(39)27-14-9-15-28(18-27)33(40)37(3)21-31-35-23(2)22-41-31/h5-16,18,22,29-30,34,38H,4,17,19-21H2,1-3H3,(H,36,39). The van der Waals surface area contributed by atoms with Crippen LogP contribution in [-0.4, -0.2) is 52.5 Å². The lowest BCUT2D eigenvalue weighted by Crippen LogP contribution is -2.48. The molecule has 8 heteroatoms. The largest absolute Gasteiger partial charge is 0.390 e. The van der Waals surface area contributed by atoms with Crippen molar-refractivity contribution in [2.75, 3.05) is 13.6 Å². The molecule has 7 nitrogen and oxygen atoms in total. The van der Waals surface area contributed by atoms with Crippen molar-refractivity contribution in [2.24, 2.45) is 0 Å². The average Bonchev–Trinajstić information content (AvgIpc) is 3.41. The third-order valence-corrected chi connectivity index (χ3v) is 7.87. The Kier molecular flexibility index (Phi) is 10.8. The molecule has 0 aliphatic heterocycles. The molecule has 3 N–H and O–H groups in total. The van der Waals surface area contributed by atoms with E-state index in [9.17, 15) is 14.7 Å². The first-order valence-electron chi connectivity index (χ1n) is 13.9. The van der Waals surface area contributed by atoms with Gasteiger partial charge in [0.2, 0.25) is 0 Å². The van der Waals surface area contributed by atoms with E-state index in [2.05, 4.69) is 40.7 Å². The predicted molar refractivity (Wildman–Crippen MR) is 164 cm³/mol. The van der Waals surface area contributed by atoms with Crippen LogP contribution in [0.15, 0.2) is 84.2 Å². The van der Waals surface area contributed by atoms with Crippen LogP contribution >= 0.6 is 11.3 Å². The Hall–Kier alpha value is -3.85. The van der Waals surface area contributed by atoms with Crippen molar-refractivity contribution >= 4 is 23.2 Å². The second-order valence-electron chi connectivity index (χ2n) is 10.3. The summed E-state index contributed by atoms with van der Waals surface area (Å²) in [5.74, 6) is -0.529. The Morgan fingerprint density at radius 3 is 2.39 bits per heavy atom. The van der Waals surface area contributed by atoms with Gasteiger partial charge in [0.05, 0.1) is 18.7 Å². The van der Waals surface area contributed by atoms with Crippen molar-refractivity contribution in [1.29, 1.82) is 0 Å². The molecule has 2 amide bonds. The van der Waals surface area contributed by atoms with Gasteiger partial charge in [-0.3, -0.25) is 9.59 Å². The lowest BCUT2D eigenvalue weighted by atomic mass is 10.00. The molecule has 41 heavy (non-hydrogen) atoms. The van der Waals surface area contributed by atoms with Gasteiger partial charge >= 0.3 is 0 Å². The zero-order valence-corrected chi connectivity index (χ0v) is 24.7. The number of carbonyl (C=O) groups excluding carboxylic acids is 2. The average molecular weight is 571 g/mol. The minimum absolute atomic E-state index is 0.190. The number of hydrogen-bond donors (Lipinski definition) is 3. The van der Waals surface area contributed by atoms with E-state index in [-0.39, 0.29) is 11.8 Å². The zero-order valence-electron chi connectivity index (χ0n) is 23.8. The van der Waals surface area contributed by atoms with Crippen LogP contribution in [0.4, 0.5) is 0 Å². The van der Waals surface area contributed by atoms with Gasteiger partial charge in [-0.05, 0) is 54.7 Å². The fourth-order valence-corrected chi connectivity index (χ4v) is 5.46. The maximum Gasteiger partial charge on any atom is 0.253 e. The van der Waals surface area contributed by atoms with Gasteiger partial charge in [0, 0.05) is 42.3 Å². The van der Waals surface area contributed by atoms with Gasteiger partial charge in [0.25, 0.3) is 11.8 Å². The summed E-state index contributed by atoms with van der Waals surface area (Å²) in [5, 5.41) is 20.3. The van der Waals surface area contributed by atoms with Crippen LogP contribution in [-0.2, 0) is 25.9 Å². The molecule has 4 rings (SSSR count). The van der Waals surface area contributed by atoms with Gasteiger partial charge < -0.3 is 20.6 Å². The molecule has 3 aromatic carbocycles. The second-order valence-corrected chi connectivity index (χ2v) is 11.2. The quantitative estimate of drug-likeness (QED) is 0.215. The third kappa shape index (κ3) is 8.82. The fraction of sp³-hybridized carbons (Fsp3) is 0.303. The number of aliphatic hydroxyl groups is 1. The number of aryl methyl sites for hydroxylation is 2. The van der Waals surface area contributed by atoms with E-state index in [0.717, 1.165) is 28.2 Å². The van der Waals surface area contributed by atoms with Gasteiger partial charge in [-0.25, -0.2) is 4.98 Å². The lowest BCUT2D eigenvalue weighted by Gasteiger charge is -2.25. The van der Waals surface area contributed by atoms with E-state index in [1.807, 2.05) is 48.7 Å². The van der Waals surface area contributed by atoms with E-state index in [0.29, 0.717) is 37.2 Å². The number of benzene rings is 3.